The summed E-state index contributed by atoms with van der Waals surface area (Å²) in [4.78, 5) is 4.65. The summed E-state index contributed by atoms with van der Waals surface area (Å²) in [5, 5.41) is 5.23. The Bertz CT molecular complexity index is 1300. The molecule has 6 nitrogen and oxygen atoms in total. The molecule has 0 saturated carbocycles. The van der Waals surface area contributed by atoms with E-state index in [-0.39, 0.29) is 10.6 Å². The van der Waals surface area contributed by atoms with Gasteiger partial charge in [-0.2, -0.15) is 0 Å². The average molecular weight is 442 g/mol. The van der Waals surface area contributed by atoms with E-state index in [1.165, 1.54) is 0 Å². The number of rotatable bonds is 7. The SMILES string of the molecule is CCS(=O)(=O)c1cccc(-c2cnc3ccc(OCCc4cccc(Cl)c4)nn23)c1. The molecule has 0 radical (unpaired) electrons. The van der Waals surface area contributed by atoms with Gasteiger partial charge >= 0.3 is 0 Å². The molecule has 30 heavy (non-hydrogen) atoms. The molecule has 0 spiro atoms. The lowest BCUT2D eigenvalue weighted by atomic mass is 10.2. The van der Waals surface area contributed by atoms with Gasteiger partial charge in [0.2, 0.25) is 5.88 Å². The summed E-state index contributed by atoms with van der Waals surface area (Å²) in [7, 11) is -3.30. The Hall–Kier alpha value is -2.90. The van der Waals surface area contributed by atoms with Gasteiger partial charge in [-0.1, -0.05) is 42.8 Å². The number of imidazole rings is 1. The van der Waals surface area contributed by atoms with Gasteiger partial charge in [0.15, 0.2) is 15.5 Å². The molecule has 2 aromatic heterocycles. The summed E-state index contributed by atoms with van der Waals surface area (Å²) in [6, 6.07) is 18.0. The van der Waals surface area contributed by atoms with E-state index in [0.29, 0.717) is 35.3 Å². The highest BCUT2D eigenvalue weighted by Crippen LogP contribution is 2.24. The molecule has 0 N–H and O–H groups in total. The van der Waals surface area contributed by atoms with Crippen molar-refractivity contribution in [2.24, 2.45) is 0 Å². The normalized spacial score (nSPS) is 11.7. The van der Waals surface area contributed by atoms with E-state index in [9.17, 15) is 8.42 Å². The van der Waals surface area contributed by atoms with E-state index in [1.807, 2.05) is 36.4 Å². The number of fused-ring (bicyclic) bond motifs is 1. The van der Waals surface area contributed by atoms with Gasteiger partial charge in [0.1, 0.15) is 0 Å². The molecule has 2 heterocycles. The molecular formula is C22H20ClN3O3S. The first-order chi connectivity index (χ1) is 14.5. The number of aromatic nitrogens is 3. The maximum atomic E-state index is 12.2. The van der Waals surface area contributed by atoms with Crippen LogP contribution in [0.2, 0.25) is 5.02 Å². The first-order valence-electron chi connectivity index (χ1n) is 9.51. The molecule has 0 fully saturated rings. The number of nitrogens with zero attached hydrogens (tertiary/aromatic N) is 3. The molecule has 0 unspecified atom stereocenters. The lowest BCUT2D eigenvalue weighted by Crippen LogP contribution is -2.05. The molecule has 0 aliphatic carbocycles. The molecule has 0 amide bonds. The van der Waals surface area contributed by atoms with Crippen molar-refractivity contribution >= 4 is 27.1 Å². The summed E-state index contributed by atoms with van der Waals surface area (Å²) in [5.41, 5.74) is 3.15. The quantitative estimate of drug-likeness (QED) is 0.423. The molecule has 2 aromatic carbocycles. The van der Waals surface area contributed by atoms with Crippen molar-refractivity contribution in [2.75, 3.05) is 12.4 Å². The first kappa shape index (κ1) is 20.4. The number of hydrogen-bond donors (Lipinski definition) is 0. The maximum absolute atomic E-state index is 12.2. The van der Waals surface area contributed by atoms with Crippen molar-refractivity contribution in [1.29, 1.82) is 0 Å². The van der Waals surface area contributed by atoms with Gasteiger partial charge in [-0.05, 0) is 35.9 Å². The van der Waals surface area contributed by atoms with Gasteiger partial charge in [0, 0.05) is 23.1 Å². The number of sulfone groups is 1. The van der Waals surface area contributed by atoms with Crippen LogP contribution in [-0.2, 0) is 16.3 Å². The Kier molecular flexibility index (Phi) is 5.74. The number of benzene rings is 2. The third-order valence-corrected chi connectivity index (χ3v) is 6.70. The zero-order chi connectivity index (χ0) is 21.1. The summed E-state index contributed by atoms with van der Waals surface area (Å²) >= 11 is 6.02. The topological polar surface area (TPSA) is 73.6 Å². The number of hydrogen-bond acceptors (Lipinski definition) is 5. The third-order valence-electron chi connectivity index (χ3n) is 4.74. The van der Waals surface area contributed by atoms with E-state index in [1.54, 1.807) is 41.9 Å². The van der Waals surface area contributed by atoms with Crippen molar-refractivity contribution in [3.05, 3.63) is 77.4 Å². The standard InChI is InChI=1S/C22H20ClN3O3S/c1-2-30(27,28)19-8-4-6-17(14-19)20-15-24-21-9-10-22(25-26(20)21)29-12-11-16-5-3-7-18(23)13-16/h3-10,13-15H,2,11-12H2,1H3. The Morgan fingerprint density at radius 2 is 1.90 bits per heavy atom. The fraction of sp³-hybridized carbons (Fsp3) is 0.182. The van der Waals surface area contributed by atoms with Crippen molar-refractivity contribution < 1.29 is 13.2 Å². The zero-order valence-corrected chi connectivity index (χ0v) is 17.9. The van der Waals surface area contributed by atoms with Crippen molar-refractivity contribution in [3.8, 4) is 17.1 Å². The Labute approximate surface area is 180 Å². The molecule has 4 aromatic rings. The van der Waals surface area contributed by atoms with Crippen LogP contribution in [0.5, 0.6) is 5.88 Å². The summed E-state index contributed by atoms with van der Waals surface area (Å²) in [5.74, 6) is 0.507. The van der Waals surface area contributed by atoms with Crippen LogP contribution >= 0.6 is 11.6 Å². The van der Waals surface area contributed by atoms with Gasteiger partial charge in [0.05, 0.1) is 29.1 Å². The highest BCUT2D eigenvalue weighted by atomic mass is 35.5. The largest absolute Gasteiger partial charge is 0.476 e. The summed E-state index contributed by atoms with van der Waals surface area (Å²) in [6.45, 7) is 2.08. The monoisotopic (exact) mass is 441 g/mol. The second-order valence-electron chi connectivity index (χ2n) is 6.74. The second kappa shape index (κ2) is 8.45. The highest BCUT2D eigenvalue weighted by Gasteiger charge is 2.14. The minimum atomic E-state index is -3.30. The average Bonchev–Trinajstić information content (AvgIpc) is 3.17. The summed E-state index contributed by atoms with van der Waals surface area (Å²) in [6.07, 6.45) is 2.38. The zero-order valence-electron chi connectivity index (χ0n) is 16.3. The fourth-order valence-electron chi connectivity index (χ4n) is 3.11. The Morgan fingerprint density at radius 1 is 1.07 bits per heavy atom. The van der Waals surface area contributed by atoms with Crippen LogP contribution in [-0.4, -0.2) is 35.4 Å². The predicted molar refractivity (Wildman–Crippen MR) is 117 cm³/mol. The van der Waals surface area contributed by atoms with Crippen LogP contribution in [0.15, 0.2) is 71.8 Å². The van der Waals surface area contributed by atoms with Gasteiger partial charge in [-0.15, -0.1) is 5.10 Å². The molecule has 0 saturated heterocycles. The van der Waals surface area contributed by atoms with Crippen molar-refractivity contribution in [3.63, 3.8) is 0 Å². The fourth-order valence-corrected chi connectivity index (χ4v) is 4.25. The smallest absolute Gasteiger partial charge is 0.231 e. The number of halogens is 1. The number of ether oxygens (including phenoxy) is 1. The van der Waals surface area contributed by atoms with E-state index in [0.717, 1.165) is 11.1 Å². The molecule has 0 aliphatic heterocycles. The lowest BCUT2D eigenvalue weighted by molar-refractivity contribution is 0.305. The van der Waals surface area contributed by atoms with Crippen LogP contribution in [0.4, 0.5) is 0 Å². The molecular weight excluding hydrogens is 422 g/mol. The Morgan fingerprint density at radius 3 is 2.70 bits per heavy atom. The lowest BCUT2D eigenvalue weighted by Gasteiger charge is -2.08. The minimum absolute atomic E-state index is 0.0481. The van der Waals surface area contributed by atoms with Crippen LogP contribution in [0, 0.1) is 0 Å². The van der Waals surface area contributed by atoms with Gasteiger partial charge in [-0.3, -0.25) is 0 Å². The van der Waals surface area contributed by atoms with E-state index in [4.69, 9.17) is 16.3 Å². The molecule has 0 bridgehead atoms. The molecule has 0 atom stereocenters. The van der Waals surface area contributed by atoms with E-state index >= 15 is 0 Å². The van der Waals surface area contributed by atoms with Crippen molar-refractivity contribution in [1.82, 2.24) is 14.6 Å². The maximum Gasteiger partial charge on any atom is 0.231 e. The van der Waals surface area contributed by atoms with Crippen LogP contribution in [0.3, 0.4) is 0 Å². The predicted octanol–water partition coefficient (Wildman–Crippen LogP) is 4.46. The van der Waals surface area contributed by atoms with E-state index in [2.05, 4.69) is 10.1 Å². The third kappa shape index (κ3) is 4.32. The van der Waals surface area contributed by atoms with Crippen LogP contribution < -0.4 is 4.74 Å². The van der Waals surface area contributed by atoms with Crippen molar-refractivity contribution in [2.45, 2.75) is 18.2 Å². The summed E-state index contributed by atoms with van der Waals surface area (Å²) < 4.78 is 31.9. The second-order valence-corrected chi connectivity index (χ2v) is 9.46. The molecule has 154 valence electrons. The molecule has 8 heteroatoms. The van der Waals surface area contributed by atoms with Gasteiger partial charge < -0.3 is 4.74 Å². The van der Waals surface area contributed by atoms with Crippen LogP contribution in [0.1, 0.15) is 12.5 Å². The first-order valence-corrected chi connectivity index (χ1v) is 11.5. The minimum Gasteiger partial charge on any atom is -0.476 e. The van der Waals surface area contributed by atoms with Gasteiger partial charge in [-0.25, -0.2) is 17.9 Å². The molecule has 4 rings (SSSR count). The highest BCUT2D eigenvalue weighted by molar-refractivity contribution is 7.91. The van der Waals surface area contributed by atoms with Gasteiger partial charge in [0.25, 0.3) is 0 Å². The Balaban J connectivity index is 1.58. The molecule has 0 aliphatic rings. The van der Waals surface area contributed by atoms with Crippen LogP contribution in [0.25, 0.3) is 16.9 Å². The van der Waals surface area contributed by atoms with E-state index < -0.39 is 9.84 Å².